The maximum Gasteiger partial charge on any atom is 0.251 e. The Bertz CT molecular complexity index is 1740. The van der Waals surface area contributed by atoms with E-state index >= 15 is 0 Å². The van der Waals surface area contributed by atoms with Gasteiger partial charge in [-0.2, -0.15) is 0 Å². The van der Waals surface area contributed by atoms with Crippen LogP contribution in [0.5, 0.6) is 0 Å². The summed E-state index contributed by atoms with van der Waals surface area (Å²) in [6.07, 6.45) is 2.94. The molecule has 1 aliphatic heterocycles. The topological polar surface area (TPSA) is 124 Å². The van der Waals surface area contributed by atoms with Crippen molar-refractivity contribution in [3.63, 3.8) is 0 Å². The molecule has 212 valence electrons. The van der Waals surface area contributed by atoms with Crippen molar-refractivity contribution in [1.29, 1.82) is 0 Å². The summed E-state index contributed by atoms with van der Waals surface area (Å²) in [6.45, 7) is 2.08. The first-order valence-corrected chi connectivity index (χ1v) is 15.0. The van der Waals surface area contributed by atoms with Gasteiger partial charge in [0.15, 0.2) is 9.84 Å². The van der Waals surface area contributed by atoms with E-state index in [2.05, 4.69) is 15.2 Å². The highest BCUT2D eigenvalue weighted by atomic mass is 32.2. The van der Waals surface area contributed by atoms with Gasteiger partial charge in [0.2, 0.25) is 0 Å². The SMILES string of the molecule is CO[C@@H]1C[C@H]1N(C)c1cccc(-c2ccc3cnc(CNC(=O)c4ccc5c(c4)S(=O)(=O)[C@@H](C)COC5)cc3n2)n1. The lowest BCUT2D eigenvalue weighted by molar-refractivity contribution is 0.0950. The molecule has 0 spiro atoms. The van der Waals surface area contributed by atoms with Gasteiger partial charge in [-0.25, -0.2) is 18.4 Å². The van der Waals surface area contributed by atoms with Crippen LogP contribution in [-0.2, 0) is 32.5 Å². The second-order valence-electron chi connectivity index (χ2n) is 10.5. The van der Waals surface area contributed by atoms with Gasteiger partial charge in [-0.3, -0.25) is 9.78 Å². The number of rotatable bonds is 7. The molecule has 0 unspecified atom stereocenters. The van der Waals surface area contributed by atoms with E-state index in [1.54, 1.807) is 32.4 Å². The highest BCUT2D eigenvalue weighted by Gasteiger charge is 2.41. The molecule has 6 rings (SSSR count). The zero-order valence-corrected chi connectivity index (χ0v) is 23.9. The van der Waals surface area contributed by atoms with E-state index in [4.69, 9.17) is 19.4 Å². The van der Waals surface area contributed by atoms with Crippen LogP contribution in [0, 0.1) is 0 Å². The number of nitrogens with zero attached hydrogens (tertiary/aromatic N) is 4. The van der Waals surface area contributed by atoms with Crippen LogP contribution in [0.2, 0.25) is 0 Å². The number of anilines is 1. The van der Waals surface area contributed by atoms with Gasteiger partial charge in [-0.1, -0.05) is 12.1 Å². The van der Waals surface area contributed by atoms with Gasteiger partial charge in [0.1, 0.15) is 5.82 Å². The Morgan fingerprint density at radius 2 is 1.95 bits per heavy atom. The molecule has 1 aromatic carbocycles. The number of hydrogen-bond acceptors (Lipinski definition) is 9. The molecule has 1 saturated carbocycles. The molecule has 1 N–H and O–H groups in total. The minimum absolute atomic E-state index is 0.121. The third-order valence-electron chi connectivity index (χ3n) is 7.69. The molecule has 2 aliphatic rings. The van der Waals surface area contributed by atoms with E-state index < -0.39 is 15.1 Å². The van der Waals surface area contributed by atoms with Gasteiger partial charge in [0.25, 0.3) is 5.91 Å². The van der Waals surface area contributed by atoms with Crippen molar-refractivity contribution in [2.24, 2.45) is 0 Å². The fourth-order valence-corrected chi connectivity index (χ4v) is 6.54. The summed E-state index contributed by atoms with van der Waals surface area (Å²) in [7, 11) is 0.170. The third kappa shape index (κ3) is 5.40. The van der Waals surface area contributed by atoms with Gasteiger partial charge in [0, 0.05) is 31.3 Å². The average Bonchev–Trinajstić information content (AvgIpc) is 3.80. The van der Waals surface area contributed by atoms with E-state index in [-0.39, 0.29) is 42.2 Å². The van der Waals surface area contributed by atoms with E-state index in [0.717, 1.165) is 34.5 Å². The fourth-order valence-electron chi connectivity index (χ4n) is 5.04. The fraction of sp³-hybridized carbons (Fsp3) is 0.333. The van der Waals surface area contributed by atoms with Crippen molar-refractivity contribution in [1.82, 2.24) is 20.3 Å². The first kappa shape index (κ1) is 27.3. The summed E-state index contributed by atoms with van der Waals surface area (Å²) < 4.78 is 36.7. The van der Waals surface area contributed by atoms with E-state index in [0.29, 0.717) is 17.3 Å². The number of fused-ring (bicyclic) bond motifs is 2. The van der Waals surface area contributed by atoms with Crippen molar-refractivity contribution in [3.8, 4) is 11.4 Å². The lowest BCUT2D eigenvalue weighted by Crippen LogP contribution is -2.25. The lowest BCUT2D eigenvalue weighted by Gasteiger charge is -2.18. The van der Waals surface area contributed by atoms with Crippen LogP contribution in [0.15, 0.2) is 65.7 Å². The number of amides is 1. The Balaban J connectivity index is 1.19. The zero-order chi connectivity index (χ0) is 28.7. The highest BCUT2D eigenvalue weighted by molar-refractivity contribution is 7.92. The first-order valence-electron chi connectivity index (χ1n) is 13.5. The number of hydrogen-bond donors (Lipinski definition) is 1. The maximum atomic E-state index is 13.0. The number of sulfone groups is 1. The third-order valence-corrected chi connectivity index (χ3v) is 9.88. The van der Waals surface area contributed by atoms with Gasteiger partial charge in [0.05, 0.1) is 64.6 Å². The van der Waals surface area contributed by atoms with Crippen molar-refractivity contribution >= 4 is 32.5 Å². The number of likely N-dealkylation sites (N-methyl/N-ethyl adjacent to an activating group) is 1. The number of methoxy groups -OCH3 is 1. The van der Waals surface area contributed by atoms with Crippen molar-refractivity contribution in [2.45, 2.75) is 48.8 Å². The number of nitrogens with one attached hydrogen (secondary N) is 1. The molecule has 0 saturated heterocycles. The Morgan fingerprint density at radius 3 is 2.76 bits per heavy atom. The van der Waals surface area contributed by atoms with Crippen molar-refractivity contribution in [2.75, 3.05) is 25.7 Å². The number of pyridine rings is 3. The lowest BCUT2D eigenvalue weighted by atomic mass is 10.1. The van der Waals surface area contributed by atoms with Crippen LogP contribution >= 0.6 is 0 Å². The van der Waals surface area contributed by atoms with E-state index in [1.807, 2.05) is 43.4 Å². The quantitative estimate of drug-likeness (QED) is 0.354. The molecule has 1 fully saturated rings. The molecule has 3 aromatic heterocycles. The van der Waals surface area contributed by atoms with Crippen molar-refractivity contribution < 1.29 is 22.7 Å². The molecule has 11 heteroatoms. The van der Waals surface area contributed by atoms with E-state index in [1.165, 1.54) is 6.07 Å². The molecule has 3 atom stereocenters. The van der Waals surface area contributed by atoms with Crippen LogP contribution in [0.3, 0.4) is 0 Å². The highest BCUT2D eigenvalue weighted by Crippen LogP contribution is 2.33. The summed E-state index contributed by atoms with van der Waals surface area (Å²) in [5.41, 5.74) is 3.67. The number of ether oxygens (including phenoxy) is 2. The van der Waals surface area contributed by atoms with Crippen molar-refractivity contribution in [3.05, 3.63) is 77.6 Å². The molecule has 10 nitrogen and oxygen atoms in total. The van der Waals surface area contributed by atoms with Crippen LogP contribution in [0.4, 0.5) is 5.82 Å². The van der Waals surface area contributed by atoms with Crippen LogP contribution in [-0.4, -0.2) is 67.4 Å². The normalized spacial score (nSPS) is 21.1. The minimum Gasteiger partial charge on any atom is -0.379 e. The van der Waals surface area contributed by atoms with Crippen LogP contribution in [0.25, 0.3) is 22.3 Å². The van der Waals surface area contributed by atoms with Gasteiger partial charge in [-0.15, -0.1) is 0 Å². The summed E-state index contributed by atoms with van der Waals surface area (Å²) >= 11 is 0. The van der Waals surface area contributed by atoms with Crippen LogP contribution in [0.1, 0.15) is 35.0 Å². The Kier molecular flexibility index (Phi) is 7.18. The largest absolute Gasteiger partial charge is 0.379 e. The number of aromatic nitrogens is 3. The summed E-state index contributed by atoms with van der Waals surface area (Å²) in [5, 5.41) is 3.04. The molecule has 41 heavy (non-hydrogen) atoms. The Morgan fingerprint density at radius 1 is 1.12 bits per heavy atom. The summed E-state index contributed by atoms with van der Waals surface area (Å²) in [5.74, 6) is 0.473. The molecule has 4 aromatic rings. The molecule has 0 bridgehead atoms. The molecule has 1 amide bonds. The first-order chi connectivity index (χ1) is 19.7. The number of carbonyl (C=O) groups is 1. The molecule has 4 heterocycles. The molecular formula is C30H31N5O5S. The average molecular weight is 574 g/mol. The predicted molar refractivity (Wildman–Crippen MR) is 154 cm³/mol. The summed E-state index contributed by atoms with van der Waals surface area (Å²) in [4.78, 5) is 29.4. The number of benzene rings is 1. The second kappa shape index (κ2) is 10.8. The molecule has 0 radical (unpaired) electrons. The standard InChI is InChI=1S/C30H31N5O5S/c1-18-16-40-17-21-8-7-19(11-28(21)41(18,37)38)30(36)32-15-22-12-25-20(14-31-22)9-10-24(33-25)23-5-4-6-29(34-23)35(2)26-13-27(26)39-3/h4-12,14,18,26-27H,13,15-17H2,1-3H3,(H,32,36)/t18-,26+,27+/m0/s1. The maximum absolute atomic E-state index is 13.0. The monoisotopic (exact) mass is 573 g/mol. The Hall–Kier alpha value is -3.93. The number of carbonyl (C=O) groups excluding carboxylic acids is 1. The summed E-state index contributed by atoms with van der Waals surface area (Å²) in [6, 6.07) is 16.6. The second-order valence-corrected chi connectivity index (χ2v) is 12.8. The molecular weight excluding hydrogens is 542 g/mol. The van der Waals surface area contributed by atoms with Gasteiger partial charge < -0.3 is 19.7 Å². The van der Waals surface area contributed by atoms with Gasteiger partial charge in [-0.05, 0) is 61.4 Å². The van der Waals surface area contributed by atoms with E-state index in [9.17, 15) is 13.2 Å². The Labute approximate surface area is 238 Å². The minimum atomic E-state index is -3.58. The smallest absolute Gasteiger partial charge is 0.251 e. The molecule has 1 aliphatic carbocycles. The zero-order valence-electron chi connectivity index (χ0n) is 23.1. The van der Waals surface area contributed by atoms with Gasteiger partial charge >= 0.3 is 0 Å². The predicted octanol–water partition coefficient (Wildman–Crippen LogP) is 3.54. The van der Waals surface area contributed by atoms with Crippen LogP contribution < -0.4 is 10.2 Å².